The van der Waals surface area contributed by atoms with Crippen molar-refractivity contribution in [3.05, 3.63) is 119 Å². The minimum Gasteiger partial charge on any atom is -0.325 e. The molecule has 162 valence electrons. The monoisotopic (exact) mass is 432 g/mol. The van der Waals surface area contributed by atoms with Crippen molar-refractivity contribution in [1.82, 2.24) is 15.0 Å². The molecule has 0 radical (unpaired) electrons. The number of hydrogen-bond acceptors (Lipinski definition) is 3. The topological polar surface area (TPSA) is 59.8 Å². The summed E-state index contributed by atoms with van der Waals surface area (Å²) in [6.45, 7) is 4.02. The van der Waals surface area contributed by atoms with Crippen molar-refractivity contribution in [2.75, 3.05) is 5.32 Å². The molecule has 0 fully saturated rings. The van der Waals surface area contributed by atoms with Crippen molar-refractivity contribution >= 4 is 22.6 Å². The number of hydrogen-bond donors (Lipinski definition) is 1. The first-order valence-corrected chi connectivity index (χ1v) is 10.9. The van der Waals surface area contributed by atoms with Crippen LogP contribution in [0.1, 0.15) is 28.2 Å². The van der Waals surface area contributed by atoms with E-state index in [1.807, 2.05) is 111 Å². The van der Waals surface area contributed by atoms with Gasteiger partial charge in [0.25, 0.3) is 0 Å². The van der Waals surface area contributed by atoms with E-state index in [1.54, 1.807) is 4.80 Å². The lowest BCUT2D eigenvalue weighted by molar-refractivity contribution is -0.116. The fourth-order valence-electron chi connectivity index (χ4n) is 3.99. The third-order valence-electron chi connectivity index (χ3n) is 5.78. The molecule has 5 nitrogen and oxygen atoms in total. The zero-order valence-corrected chi connectivity index (χ0v) is 18.6. The average Bonchev–Trinajstić information content (AvgIpc) is 3.24. The second-order valence-electron chi connectivity index (χ2n) is 8.22. The van der Waals surface area contributed by atoms with E-state index in [0.717, 1.165) is 39.1 Å². The van der Waals surface area contributed by atoms with Gasteiger partial charge < -0.3 is 5.32 Å². The predicted molar refractivity (Wildman–Crippen MR) is 132 cm³/mol. The van der Waals surface area contributed by atoms with Crippen LogP contribution in [0.5, 0.6) is 0 Å². The summed E-state index contributed by atoms with van der Waals surface area (Å²) in [4.78, 5) is 15.1. The molecule has 1 aromatic heterocycles. The molecule has 0 aliphatic carbocycles. The SMILES string of the molecule is Cc1ccc(-n2nc3cc(C)c(NC(=O)C(c4ccccc4)c4ccccc4)cc3n2)cc1. The van der Waals surface area contributed by atoms with E-state index in [0.29, 0.717) is 0 Å². The van der Waals surface area contributed by atoms with Gasteiger partial charge in [-0.05, 0) is 54.8 Å². The second-order valence-corrected chi connectivity index (χ2v) is 8.22. The van der Waals surface area contributed by atoms with E-state index in [1.165, 1.54) is 5.56 Å². The Hall–Kier alpha value is -4.25. The Labute approximate surface area is 192 Å². The molecular weight excluding hydrogens is 408 g/mol. The normalized spacial score (nSPS) is 11.1. The van der Waals surface area contributed by atoms with Crippen LogP contribution >= 0.6 is 0 Å². The van der Waals surface area contributed by atoms with Crippen molar-refractivity contribution in [2.24, 2.45) is 0 Å². The van der Waals surface area contributed by atoms with Gasteiger partial charge in [-0.15, -0.1) is 10.2 Å². The van der Waals surface area contributed by atoms with Crippen LogP contribution in [0.2, 0.25) is 0 Å². The highest BCUT2D eigenvalue weighted by Gasteiger charge is 2.23. The summed E-state index contributed by atoms with van der Waals surface area (Å²) in [6, 6.07) is 31.6. The second kappa shape index (κ2) is 8.71. The molecule has 0 aliphatic heterocycles. The Balaban J connectivity index is 1.48. The highest BCUT2D eigenvalue weighted by atomic mass is 16.1. The molecule has 5 aromatic rings. The van der Waals surface area contributed by atoms with Crippen LogP contribution in [-0.2, 0) is 4.79 Å². The smallest absolute Gasteiger partial charge is 0.236 e. The molecule has 1 amide bonds. The van der Waals surface area contributed by atoms with Crippen molar-refractivity contribution in [3.8, 4) is 5.69 Å². The highest BCUT2D eigenvalue weighted by Crippen LogP contribution is 2.28. The molecule has 0 unspecified atom stereocenters. The number of amides is 1. The maximum atomic E-state index is 13.5. The Morgan fingerprint density at radius 2 is 1.30 bits per heavy atom. The van der Waals surface area contributed by atoms with E-state index in [2.05, 4.69) is 15.5 Å². The van der Waals surface area contributed by atoms with E-state index in [4.69, 9.17) is 0 Å². The first-order valence-electron chi connectivity index (χ1n) is 10.9. The molecule has 0 saturated heterocycles. The van der Waals surface area contributed by atoms with E-state index in [9.17, 15) is 4.79 Å². The fourth-order valence-corrected chi connectivity index (χ4v) is 3.99. The lowest BCUT2D eigenvalue weighted by atomic mass is 9.90. The Morgan fingerprint density at radius 3 is 1.88 bits per heavy atom. The van der Waals surface area contributed by atoms with Gasteiger partial charge in [-0.2, -0.15) is 4.80 Å². The van der Waals surface area contributed by atoms with Crippen molar-refractivity contribution < 1.29 is 4.79 Å². The molecule has 0 aliphatic rings. The Kier molecular flexibility index (Phi) is 5.45. The molecule has 0 spiro atoms. The molecule has 33 heavy (non-hydrogen) atoms. The van der Waals surface area contributed by atoms with Gasteiger partial charge in [0.05, 0.1) is 11.6 Å². The lowest BCUT2D eigenvalue weighted by Gasteiger charge is -2.18. The van der Waals surface area contributed by atoms with Crippen molar-refractivity contribution in [3.63, 3.8) is 0 Å². The molecule has 0 saturated carbocycles. The van der Waals surface area contributed by atoms with Crippen LogP contribution in [0, 0.1) is 13.8 Å². The first kappa shape index (κ1) is 20.6. The maximum Gasteiger partial charge on any atom is 0.236 e. The number of carbonyl (C=O) groups is 1. The molecule has 0 bridgehead atoms. The van der Waals surface area contributed by atoms with E-state index < -0.39 is 5.92 Å². The van der Waals surface area contributed by atoms with E-state index in [-0.39, 0.29) is 5.91 Å². The summed E-state index contributed by atoms with van der Waals surface area (Å²) >= 11 is 0. The van der Waals surface area contributed by atoms with Gasteiger partial charge in [0.2, 0.25) is 5.91 Å². The number of rotatable bonds is 5. The third-order valence-corrected chi connectivity index (χ3v) is 5.78. The Morgan fingerprint density at radius 1 is 0.758 bits per heavy atom. The average molecular weight is 433 g/mol. The number of carbonyl (C=O) groups excluding carboxylic acids is 1. The van der Waals surface area contributed by atoms with Crippen LogP contribution in [0.3, 0.4) is 0 Å². The van der Waals surface area contributed by atoms with Gasteiger partial charge in [0.15, 0.2) is 0 Å². The predicted octanol–water partition coefficient (Wildman–Crippen LogP) is 5.81. The summed E-state index contributed by atoms with van der Waals surface area (Å²) in [5.41, 5.74) is 7.17. The van der Waals surface area contributed by atoms with Crippen LogP contribution in [0.4, 0.5) is 5.69 Å². The van der Waals surface area contributed by atoms with E-state index >= 15 is 0 Å². The number of nitrogens with zero attached hydrogens (tertiary/aromatic N) is 3. The molecule has 1 N–H and O–H groups in total. The molecule has 5 rings (SSSR count). The number of fused-ring (bicyclic) bond motifs is 1. The van der Waals surface area contributed by atoms with Gasteiger partial charge in [-0.3, -0.25) is 4.79 Å². The van der Waals surface area contributed by atoms with Gasteiger partial charge >= 0.3 is 0 Å². The maximum absolute atomic E-state index is 13.5. The highest BCUT2D eigenvalue weighted by molar-refractivity contribution is 6.00. The number of anilines is 1. The van der Waals surface area contributed by atoms with Crippen molar-refractivity contribution in [2.45, 2.75) is 19.8 Å². The van der Waals surface area contributed by atoms with Gasteiger partial charge in [-0.1, -0.05) is 78.4 Å². The summed E-state index contributed by atoms with van der Waals surface area (Å²) in [5, 5.41) is 12.4. The summed E-state index contributed by atoms with van der Waals surface area (Å²) < 4.78 is 0. The van der Waals surface area contributed by atoms with Crippen LogP contribution in [0.25, 0.3) is 16.7 Å². The summed E-state index contributed by atoms with van der Waals surface area (Å²) in [7, 11) is 0. The Bertz CT molecular complexity index is 1370. The zero-order chi connectivity index (χ0) is 22.8. The lowest BCUT2D eigenvalue weighted by Crippen LogP contribution is -2.22. The van der Waals surface area contributed by atoms with Gasteiger partial charge in [0.1, 0.15) is 11.0 Å². The minimum atomic E-state index is -0.411. The van der Waals surface area contributed by atoms with Gasteiger partial charge in [-0.25, -0.2) is 0 Å². The third kappa shape index (κ3) is 4.26. The fraction of sp³-hybridized carbons (Fsp3) is 0.107. The van der Waals surface area contributed by atoms with Crippen LogP contribution in [-0.4, -0.2) is 20.9 Å². The summed E-state index contributed by atoms with van der Waals surface area (Å²) in [6.07, 6.45) is 0. The van der Waals surface area contributed by atoms with Crippen LogP contribution < -0.4 is 5.32 Å². The quantitative estimate of drug-likeness (QED) is 0.381. The standard InChI is InChI=1S/C28H24N4O/c1-19-13-15-23(16-14-19)32-30-25-17-20(2)24(18-26(25)31-32)29-28(33)27(21-9-5-3-6-10-21)22-11-7-4-8-12-22/h3-18,27H,1-2H3,(H,29,33). The van der Waals surface area contributed by atoms with Crippen LogP contribution in [0.15, 0.2) is 97.1 Å². The molecule has 4 aromatic carbocycles. The minimum absolute atomic E-state index is 0.0826. The molecule has 0 atom stereocenters. The number of aromatic nitrogens is 3. The molecule has 1 heterocycles. The van der Waals surface area contributed by atoms with Gasteiger partial charge in [0, 0.05) is 5.69 Å². The largest absolute Gasteiger partial charge is 0.325 e. The first-order chi connectivity index (χ1) is 16.1. The zero-order valence-electron chi connectivity index (χ0n) is 18.6. The molecule has 5 heteroatoms. The van der Waals surface area contributed by atoms with Crippen molar-refractivity contribution in [1.29, 1.82) is 0 Å². The molecular formula is C28H24N4O. The number of nitrogens with one attached hydrogen (secondary N) is 1. The number of benzene rings is 4. The summed E-state index contributed by atoms with van der Waals surface area (Å²) in [5.74, 6) is -0.494. The number of aryl methyl sites for hydroxylation is 2.